The lowest BCUT2D eigenvalue weighted by Gasteiger charge is -2.26. The predicted octanol–water partition coefficient (Wildman–Crippen LogP) is 0.765. The van der Waals surface area contributed by atoms with Gasteiger partial charge >= 0.3 is 0 Å². The number of rotatable bonds is 4. The first kappa shape index (κ1) is 13.5. The number of aromatic amines is 1. The van der Waals surface area contributed by atoms with Gasteiger partial charge < -0.3 is 4.74 Å². The van der Waals surface area contributed by atoms with Gasteiger partial charge in [0, 0.05) is 26.8 Å². The maximum atomic E-state index is 12.3. The lowest BCUT2D eigenvalue weighted by atomic mass is 10.0. The molecule has 0 aliphatic carbocycles. The molecule has 6 nitrogen and oxygen atoms in total. The molecule has 0 atom stereocenters. The Labute approximate surface area is 107 Å². The summed E-state index contributed by atoms with van der Waals surface area (Å²) in [6, 6.07) is 0. The van der Waals surface area contributed by atoms with Gasteiger partial charge in [-0.1, -0.05) is 0 Å². The monoisotopic (exact) mass is 273 g/mol. The second-order valence-corrected chi connectivity index (χ2v) is 6.71. The van der Waals surface area contributed by atoms with E-state index in [1.165, 1.54) is 10.5 Å². The zero-order valence-corrected chi connectivity index (χ0v) is 11.5. The number of aryl methyl sites for hydroxylation is 1. The first-order valence-electron chi connectivity index (χ1n) is 6.06. The van der Waals surface area contributed by atoms with Gasteiger partial charge in [-0.25, -0.2) is 12.7 Å². The number of hydrogen-bond donors (Lipinski definition) is 1. The van der Waals surface area contributed by atoms with E-state index in [0.717, 1.165) is 26.1 Å². The Morgan fingerprint density at radius 1 is 1.50 bits per heavy atom. The minimum Gasteiger partial charge on any atom is -0.381 e. The van der Waals surface area contributed by atoms with Gasteiger partial charge in [-0.05, 0) is 25.7 Å². The van der Waals surface area contributed by atoms with Crippen LogP contribution in [0, 0.1) is 12.8 Å². The summed E-state index contributed by atoms with van der Waals surface area (Å²) in [6.07, 6.45) is 3.21. The number of hydrogen-bond acceptors (Lipinski definition) is 4. The lowest BCUT2D eigenvalue weighted by Crippen LogP contribution is -2.34. The molecule has 0 aromatic carbocycles. The van der Waals surface area contributed by atoms with Crippen LogP contribution >= 0.6 is 0 Å². The molecule has 102 valence electrons. The summed E-state index contributed by atoms with van der Waals surface area (Å²) in [4.78, 5) is 0.261. The van der Waals surface area contributed by atoms with Crippen LogP contribution in [0.4, 0.5) is 0 Å². The lowest BCUT2D eigenvalue weighted by molar-refractivity contribution is 0.0620. The normalized spacial score (nSPS) is 18.4. The highest BCUT2D eigenvalue weighted by Gasteiger charge is 2.27. The van der Waals surface area contributed by atoms with Crippen LogP contribution in [0.3, 0.4) is 0 Å². The third-order valence-electron chi connectivity index (χ3n) is 3.33. The number of nitrogens with zero attached hydrogens (tertiary/aromatic N) is 2. The third kappa shape index (κ3) is 2.73. The second kappa shape index (κ2) is 5.38. The minimum absolute atomic E-state index is 0.261. The number of nitrogens with one attached hydrogen (secondary N) is 1. The summed E-state index contributed by atoms with van der Waals surface area (Å²) in [5.74, 6) is 0.380. The Morgan fingerprint density at radius 3 is 2.72 bits per heavy atom. The quantitative estimate of drug-likeness (QED) is 0.879. The standard InChI is InChI=1S/C11H19N3O3S/c1-9-11(7-12-13-9)18(15,16)14(2)8-10-3-5-17-6-4-10/h7,10H,3-6,8H2,1-2H3,(H,12,13). The molecule has 2 heterocycles. The van der Waals surface area contributed by atoms with Crippen molar-refractivity contribution in [3.8, 4) is 0 Å². The summed E-state index contributed by atoms with van der Waals surface area (Å²) >= 11 is 0. The van der Waals surface area contributed by atoms with Crippen LogP contribution in [-0.4, -0.2) is 49.7 Å². The van der Waals surface area contributed by atoms with E-state index in [1.807, 2.05) is 0 Å². The second-order valence-electron chi connectivity index (χ2n) is 4.70. The van der Waals surface area contributed by atoms with Crippen LogP contribution in [0.1, 0.15) is 18.5 Å². The van der Waals surface area contributed by atoms with Crippen LogP contribution in [0.15, 0.2) is 11.1 Å². The number of sulfonamides is 1. The fraction of sp³-hybridized carbons (Fsp3) is 0.727. The van der Waals surface area contributed by atoms with Crippen molar-refractivity contribution in [2.75, 3.05) is 26.8 Å². The smallest absolute Gasteiger partial charge is 0.246 e. The molecule has 1 saturated heterocycles. The van der Waals surface area contributed by atoms with Crippen molar-refractivity contribution in [3.05, 3.63) is 11.9 Å². The Kier molecular flexibility index (Phi) is 4.04. The Balaban J connectivity index is 2.08. The van der Waals surface area contributed by atoms with Gasteiger partial charge in [0.15, 0.2) is 0 Å². The molecule has 0 bridgehead atoms. The molecule has 0 amide bonds. The molecule has 1 aliphatic heterocycles. The van der Waals surface area contributed by atoms with Crippen molar-refractivity contribution in [2.45, 2.75) is 24.7 Å². The van der Waals surface area contributed by atoms with Gasteiger partial charge in [-0.15, -0.1) is 0 Å². The maximum absolute atomic E-state index is 12.3. The van der Waals surface area contributed by atoms with E-state index in [9.17, 15) is 8.42 Å². The molecule has 0 spiro atoms. The van der Waals surface area contributed by atoms with Crippen molar-refractivity contribution >= 4 is 10.0 Å². The number of H-pyrrole nitrogens is 1. The molecule has 1 aromatic heterocycles. The van der Waals surface area contributed by atoms with Gasteiger partial charge in [-0.2, -0.15) is 5.10 Å². The summed E-state index contributed by atoms with van der Waals surface area (Å²) < 4.78 is 31.3. The zero-order valence-electron chi connectivity index (χ0n) is 10.7. The fourth-order valence-corrected chi connectivity index (χ4v) is 3.52. The zero-order chi connectivity index (χ0) is 13.2. The van der Waals surface area contributed by atoms with Crippen LogP contribution < -0.4 is 0 Å². The molecule has 1 aromatic rings. The van der Waals surface area contributed by atoms with E-state index in [0.29, 0.717) is 18.2 Å². The minimum atomic E-state index is -3.43. The molecule has 0 unspecified atom stereocenters. The molecule has 1 N–H and O–H groups in total. The molecular formula is C11H19N3O3S. The average Bonchev–Trinajstić information content (AvgIpc) is 2.77. The van der Waals surface area contributed by atoms with Crippen molar-refractivity contribution in [1.29, 1.82) is 0 Å². The molecular weight excluding hydrogens is 254 g/mol. The van der Waals surface area contributed by atoms with E-state index in [4.69, 9.17) is 4.74 Å². The summed E-state index contributed by atoms with van der Waals surface area (Å²) in [5, 5.41) is 6.42. The Hall–Kier alpha value is -0.920. The first-order chi connectivity index (χ1) is 8.51. The van der Waals surface area contributed by atoms with E-state index in [1.54, 1.807) is 14.0 Å². The summed E-state index contributed by atoms with van der Waals surface area (Å²) in [6.45, 7) is 3.70. The van der Waals surface area contributed by atoms with Crippen LogP contribution in [0.25, 0.3) is 0 Å². The number of ether oxygens (including phenoxy) is 1. The van der Waals surface area contributed by atoms with Crippen LogP contribution in [-0.2, 0) is 14.8 Å². The van der Waals surface area contributed by atoms with Crippen molar-refractivity contribution in [1.82, 2.24) is 14.5 Å². The maximum Gasteiger partial charge on any atom is 0.246 e. The summed E-state index contributed by atoms with van der Waals surface area (Å²) in [7, 11) is -1.80. The molecule has 2 rings (SSSR count). The molecule has 0 saturated carbocycles. The van der Waals surface area contributed by atoms with Gasteiger partial charge in [0.25, 0.3) is 0 Å². The highest BCUT2D eigenvalue weighted by atomic mass is 32.2. The molecule has 7 heteroatoms. The van der Waals surface area contributed by atoms with E-state index >= 15 is 0 Å². The Morgan fingerprint density at radius 2 is 2.17 bits per heavy atom. The molecule has 18 heavy (non-hydrogen) atoms. The van der Waals surface area contributed by atoms with E-state index < -0.39 is 10.0 Å². The van der Waals surface area contributed by atoms with E-state index in [-0.39, 0.29) is 4.90 Å². The topological polar surface area (TPSA) is 75.3 Å². The van der Waals surface area contributed by atoms with Gasteiger partial charge in [0.1, 0.15) is 4.90 Å². The Bertz CT molecular complexity index is 491. The SMILES string of the molecule is Cc1[nH]ncc1S(=O)(=O)N(C)CC1CCOCC1. The van der Waals surface area contributed by atoms with Crippen LogP contribution in [0.5, 0.6) is 0 Å². The highest BCUT2D eigenvalue weighted by molar-refractivity contribution is 7.89. The average molecular weight is 273 g/mol. The third-order valence-corrected chi connectivity index (χ3v) is 5.27. The van der Waals surface area contributed by atoms with Crippen molar-refractivity contribution in [2.24, 2.45) is 5.92 Å². The van der Waals surface area contributed by atoms with E-state index in [2.05, 4.69) is 10.2 Å². The fourth-order valence-electron chi connectivity index (χ4n) is 2.16. The largest absolute Gasteiger partial charge is 0.381 e. The van der Waals surface area contributed by atoms with Gasteiger partial charge in [0.2, 0.25) is 10.0 Å². The highest BCUT2D eigenvalue weighted by Crippen LogP contribution is 2.21. The number of aromatic nitrogens is 2. The van der Waals surface area contributed by atoms with Crippen LogP contribution in [0.2, 0.25) is 0 Å². The van der Waals surface area contributed by atoms with Gasteiger partial charge in [0.05, 0.1) is 11.9 Å². The molecule has 0 radical (unpaired) electrons. The molecule has 1 aliphatic rings. The first-order valence-corrected chi connectivity index (χ1v) is 7.50. The predicted molar refractivity (Wildman–Crippen MR) is 66.7 cm³/mol. The summed E-state index contributed by atoms with van der Waals surface area (Å²) in [5.41, 5.74) is 0.578. The van der Waals surface area contributed by atoms with Crippen molar-refractivity contribution < 1.29 is 13.2 Å². The van der Waals surface area contributed by atoms with Crippen molar-refractivity contribution in [3.63, 3.8) is 0 Å². The van der Waals surface area contributed by atoms with Gasteiger partial charge in [-0.3, -0.25) is 5.10 Å². The molecule has 1 fully saturated rings.